The Hall–Kier alpha value is -2.57. The molecular weight excluding hydrogens is 398 g/mol. The molecule has 0 spiro atoms. The van der Waals surface area contributed by atoms with E-state index in [1.807, 2.05) is 19.2 Å². The molecule has 1 saturated heterocycles. The van der Waals surface area contributed by atoms with E-state index in [4.69, 9.17) is 4.98 Å². The predicted molar refractivity (Wildman–Crippen MR) is 125 cm³/mol. The fraction of sp³-hybridized carbons (Fsp3) is 0.391. The van der Waals surface area contributed by atoms with Crippen LogP contribution in [-0.2, 0) is 11.3 Å². The van der Waals surface area contributed by atoms with Gasteiger partial charge in [-0.1, -0.05) is 18.2 Å². The van der Waals surface area contributed by atoms with E-state index in [0.717, 1.165) is 41.4 Å². The number of halogens is 1. The van der Waals surface area contributed by atoms with Gasteiger partial charge in [-0.2, -0.15) is 0 Å². The third-order valence-electron chi connectivity index (χ3n) is 5.94. The maximum Gasteiger partial charge on any atom is 0.225 e. The molecule has 30 heavy (non-hydrogen) atoms. The molecule has 6 nitrogen and oxygen atoms in total. The molecule has 0 bridgehead atoms. The first kappa shape index (κ1) is 22.1. The van der Waals surface area contributed by atoms with Gasteiger partial charge >= 0.3 is 0 Å². The first-order valence-electron chi connectivity index (χ1n) is 10.2. The number of carbonyl (C=O) groups excluding carboxylic acids is 1. The number of benzene rings is 1. The predicted octanol–water partition coefficient (Wildman–Crippen LogP) is 4.29. The Morgan fingerprint density at radius 2 is 1.93 bits per heavy atom. The fourth-order valence-electron chi connectivity index (χ4n) is 3.84. The second kappa shape index (κ2) is 9.06. The van der Waals surface area contributed by atoms with Gasteiger partial charge in [-0.15, -0.1) is 12.4 Å². The SMILES string of the molecule is Cc1cccc(C)c1CNc1cc(NC(=O)C[C@H]2CCN2)cn2c(C)c(C)nc12.Cl. The third kappa shape index (κ3) is 4.45. The van der Waals surface area contributed by atoms with E-state index >= 15 is 0 Å². The Balaban J connectivity index is 0.00000256. The highest BCUT2D eigenvalue weighted by atomic mass is 35.5. The van der Waals surface area contributed by atoms with E-state index in [1.54, 1.807) is 0 Å². The normalized spacial score (nSPS) is 15.4. The summed E-state index contributed by atoms with van der Waals surface area (Å²) in [4.78, 5) is 17.2. The first-order valence-corrected chi connectivity index (χ1v) is 10.2. The van der Waals surface area contributed by atoms with Gasteiger partial charge < -0.3 is 20.4 Å². The quantitative estimate of drug-likeness (QED) is 0.548. The van der Waals surface area contributed by atoms with E-state index in [9.17, 15) is 4.79 Å². The summed E-state index contributed by atoms with van der Waals surface area (Å²) in [6, 6.07) is 8.64. The molecule has 160 valence electrons. The van der Waals surface area contributed by atoms with Gasteiger partial charge in [-0.25, -0.2) is 4.98 Å². The van der Waals surface area contributed by atoms with Crippen molar-refractivity contribution in [2.45, 2.75) is 53.1 Å². The van der Waals surface area contributed by atoms with Crippen molar-refractivity contribution in [1.29, 1.82) is 0 Å². The molecule has 1 fully saturated rings. The lowest BCUT2D eigenvalue weighted by molar-refractivity contribution is -0.117. The number of anilines is 2. The summed E-state index contributed by atoms with van der Waals surface area (Å²) in [7, 11) is 0. The minimum absolute atomic E-state index is 0. The fourth-order valence-corrected chi connectivity index (χ4v) is 3.84. The Labute approximate surface area is 183 Å². The van der Waals surface area contributed by atoms with Crippen LogP contribution in [0.4, 0.5) is 11.4 Å². The Kier molecular flexibility index (Phi) is 6.68. The lowest BCUT2D eigenvalue weighted by Gasteiger charge is -2.26. The van der Waals surface area contributed by atoms with Crippen molar-refractivity contribution >= 4 is 35.3 Å². The molecule has 1 aliphatic rings. The van der Waals surface area contributed by atoms with Crippen LogP contribution in [0.2, 0.25) is 0 Å². The monoisotopic (exact) mass is 427 g/mol. The lowest BCUT2D eigenvalue weighted by atomic mass is 10.0. The van der Waals surface area contributed by atoms with Crippen molar-refractivity contribution in [1.82, 2.24) is 14.7 Å². The molecule has 2 aromatic heterocycles. The second-order valence-electron chi connectivity index (χ2n) is 8.03. The summed E-state index contributed by atoms with van der Waals surface area (Å²) >= 11 is 0. The molecule has 7 heteroatoms. The van der Waals surface area contributed by atoms with E-state index in [-0.39, 0.29) is 18.3 Å². The van der Waals surface area contributed by atoms with Crippen LogP contribution in [-0.4, -0.2) is 27.9 Å². The molecular formula is C23H30ClN5O. The zero-order chi connectivity index (χ0) is 20.5. The van der Waals surface area contributed by atoms with Gasteiger partial charge in [0.25, 0.3) is 0 Å². The number of nitrogens with one attached hydrogen (secondary N) is 3. The highest BCUT2D eigenvalue weighted by Gasteiger charge is 2.20. The van der Waals surface area contributed by atoms with Crippen LogP contribution in [0, 0.1) is 27.7 Å². The summed E-state index contributed by atoms with van der Waals surface area (Å²) in [5.41, 5.74) is 8.47. The molecule has 0 unspecified atom stereocenters. The van der Waals surface area contributed by atoms with Gasteiger partial charge in [0.1, 0.15) is 0 Å². The van der Waals surface area contributed by atoms with Gasteiger partial charge in [0.2, 0.25) is 5.91 Å². The molecule has 0 radical (unpaired) electrons. The van der Waals surface area contributed by atoms with Crippen molar-refractivity contribution in [2.75, 3.05) is 17.2 Å². The van der Waals surface area contributed by atoms with Gasteiger partial charge in [0, 0.05) is 30.9 Å². The summed E-state index contributed by atoms with van der Waals surface area (Å²) < 4.78 is 2.06. The van der Waals surface area contributed by atoms with Crippen LogP contribution in [0.3, 0.4) is 0 Å². The maximum absolute atomic E-state index is 12.4. The number of amides is 1. The number of imidazole rings is 1. The average Bonchev–Trinajstić information content (AvgIpc) is 2.93. The van der Waals surface area contributed by atoms with Crippen LogP contribution < -0.4 is 16.0 Å². The lowest BCUT2D eigenvalue weighted by Crippen LogP contribution is -2.44. The number of carbonyl (C=O) groups is 1. The standard InChI is InChI=1S/C23H29N5O.ClH/c1-14-6-5-7-15(2)20(14)12-25-21-10-19(27-22(29)11-18-8-9-24-18)13-28-17(4)16(3)26-23(21)28;/h5-7,10,13,18,24-25H,8-9,11-12H2,1-4H3,(H,27,29);1H/t18-;/m1./s1. The van der Waals surface area contributed by atoms with E-state index in [1.165, 1.54) is 16.7 Å². The van der Waals surface area contributed by atoms with Crippen LogP contribution in [0.1, 0.15) is 40.9 Å². The number of nitrogens with zero attached hydrogens (tertiary/aromatic N) is 2. The van der Waals surface area contributed by atoms with Gasteiger partial charge in [-0.3, -0.25) is 4.79 Å². The van der Waals surface area contributed by atoms with Crippen molar-refractivity contribution in [2.24, 2.45) is 0 Å². The summed E-state index contributed by atoms with van der Waals surface area (Å²) in [5, 5.41) is 9.90. The van der Waals surface area contributed by atoms with E-state index in [2.05, 4.69) is 59.3 Å². The Bertz CT molecular complexity index is 1050. The van der Waals surface area contributed by atoms with Crippen molar-refractivity contribution in [3.8, 4) is 0 Å². The molecule has 1 aliphatic heterocycles. The van der Waals surface area contributed by atoms with Crippen molar-refractivity contribution in [3.05, 3.63) is 58.5 Å². The highest BCUT2D eigenvalue weighted by Crippen LogP contribution is 2.26. The zero-order valence-corrected chi connectivity index (χ0v) is 18.8. The molecule has 3 heterocycles. The van der Waals surface area contributed by atoms with Crippen LogP contribution in [0.25, 0.3) is 5.65 Å². The average molecular weight is 428 g/mol. The molecule has 1 amide bonds. The van der Waals surface area contributed by atoms with Gasteiger partial charge in [0.15, 0.2) is 5.65 Å². The van der Waals surface area contributed by atoms with E-state index < -0.39 is 0 Å². The number of hydrogen-bond acceptors (Lipinski definition) is 4. The second-order valence-corrected chi connectivity index (χ2v) is 8.03. The number of aryl methyl sites for hydroxylation is 4. The van der Waals surface area contributed by atoms with E-state index in [0.29, 0.717) is 19.0 Å². The summed E-state index contributed by atoms with van der Waals surface area (Å²) in [6.07, 6.45) is 3.53. The Morgan fingerprint density at radius 3 is 2.57 bits per heavy atom. The van der Waals surface area contributed by atoms with Crippen LogP contribution >= 0.6 is 12.4 Å². The topological polar surface area (TPSA) is 70.5 Å². The minimum atomic E-state index is 0. The van der Waals surface area contributed by atoms with Crippen LogP contribution in [0.5, 0.6) is 0 Å². The minimum Gasteiger partial charge on any atom is -0.378 e. The maximum atomic E-state index is 12.4. The number of hydrogen-bond donors (Lipinski definition) is 3. The molecule has 0 aliphatic carbocycles. The van der Waals surface area contributed by atoms with Crippen molar-refractivity contribution in [3.63, 3.8) is 0 Å². The zero-order valence-electron chi connectivity index (χ0n) is 18.0. The summed E-state index contributed by atoms with van der Waals surface area (Å²) in [5.74, 6) is 0.0386. The molecule has 4 rings (SSSR count). The molecule has 0 saturated carbocycles. The number of aromatic nitrogens is 2. The summed E-state index contributed by atoms with van der Waals surface area (Å²) in [6.45, 7) is 10.0. The van der Waals surface area contributed by atoms with Crippen LogP contribution in [0.15, 0.2) is 30.5 Å². The van der Waals surface area contributed by atoms with Gasteiger partial charge in [0.05, 0.1) is 17.1 Å². The number of fused-ring (bicyclic) bond motifs is 1. The smallest absolute Gasteiger partial charge is 0.225 e. The molecule has 3 N–H and O–H groups in total. The molecule has 3 aromatic rings. The molecule has 1 atom stereocenters. The Morgan fingerprint density at radius 1 is 1.23 bits per heavy atom. The number of pyridine rings is 1. The van der Waals surface area contributed by atoms with Gasteiger partial charge in [-0.05, 0) is 63.4 Å². The number of rotatable bonds is 6. The largest absolute Gasteiger partial charge is 0.378 e. The first-order chi connectivity index (χ1) is 13.9. The highest BCUT2D eigenvalue weighted by molar-refractivity contribution is 5.92. The molecule has 1 aromatic carbocycles. The van der Waals surface area contributed by atoms with Crippen molar-refractivity contribution < 1.29 is 4.79 Å². The third-order valence-corrected chi connectivity index (χ3v) is 5.94.